The molecule has 0 aliphatic heterocycles. The van der Waals surface area contributed by atoms with Gasteiger partial charge in [0.15, 0.2) is 0 Å². The van der Waals surface area contributed by atoms with Gasteiger partial charge in [-0.2, -0.15) is 0 Å². The molecule has 0 bridgehead atoms. The Morgan fingerprint density at radius 3 is 2.17 bits per heavy atom. The first kappa shape index (κ1) is 22.4. The lowest BCUT2D eigenvalue weighted by molar-refractivity contribution is -0.114. The Labute approximate surface area is 190 Å². The van der Waals surface area contributed by atoms with Gasteiger partial charge in [-0.3, -0.25) is 9.10 Å². The molecule has 0 heterocycles. The average molecular weight is 484 g/mol. The van der Waals surface area contributed by atoms with Gasteiger partial charge >= 0.3 is 0 Å². The lowest BCUT2D eigenvalue weighted by Crippen LogP contribution is -2.38. The first-order valence-corrected chi connectivity index (χ1v) is 11.3. The van der Waals surface area contributed by atoms with E-state index in [1.54, 1.807) is 36.4 Å². The van der Waals surface area contributed by atoms with E-state index in [0.717, 1.165) is 9.87 Å². The van der Waals surface area contributed by atoms with Crippen molar-refractivity contribution >= 4 is 62.1 Å². The number of aryl methyl sites for hydroxylation is 1. The summed E-state index contributed by atoms with van der Waals surface area (Å²) in [7, 11) is -4.06. The molecule has 0 radical (unpaired) electrons. The van der Waals surface area contributed by atoms with E-state index in [1.807, 2.05) is 6.92 Å². The molecule has 30 heavy (non-hydrogen) atoms. The van der Waals surface area contributed by atoms with Gasteiger partial charge in [-0.1, -0.05) is 59.1 Å². The smallest absolute Gasteiger partial charge is 0.264 e. The number of anilines is 2. The van der Waals surface area contributed by atoms with Gasteiger partial charge in [-0.15, -0.1) is 0 Å². The quantitative estimate of drug-likeness (QED) is 0.482. The van der Waals surface area contributed by atoms with Crippen LogP contribution in [0.15, 0.2) is 71.6 Å². The molecule has 5 nitrogen and oxygen atoms in total. The summed E-state index contributed by atoms with van der Waals surface area (Å²) < 4.78 is 27.5. The number of hydrogen-bond acceptors (Lipinski definition) is 3. The van der Waals surface area contributed by atoms with E-state index in [-0.39, 0.29) is 20.6 Å². The maximum absolute atomic E-state index is 13.3. The highest BCUT2D eigenvalue weighted by molar-refractivity contribution is 7.92. The molecule has 9 heteroatoms. The molecule has 0 saturated carbocycles. The maximum atomic E-state index is 13.3. The number of nitrogens with zero attached hydrogens (tertiary/aromatic N) is 1. The van der Waals surface area contributed by atoms with Crippen molar-refractivity contribution in [3.63, 3.8) is 0 Å². The largest absolute Gasteiger partial charge is 0.324 e. The highest BCUT2D eigenvalue weighted by Gasteiger charge is 2.27. The van der Waals surface area contributed by atoms with E-state index in [9.17, 15) is 13.2 Å². The van der Waals surface area contributed by atoms with Gasteiger partial charge in [-0.05, 0) is 55.0 Å². The molecule has 0 saturated heterocycles. The van der Waals surface area contributed by atoms with Crippen LogP contribution < -0.4 is 9.62 Å². The number of rotatable bonds is 6. The number of hydrogen-bond donors (Lipinski definition) is 1. The second-order valence-electron chi connectivity index (χ2n) is 6.46. The van der Waals surface area contributed by atoms with E-state index in [2.05, 4.69) is 5.32 Å². The molecule has 0 atom stereocenters. The zero-order valence-electron chi connectivity index (χ0n) is 15.8. The molecule has 0 aromatic heterocycles. The first-order chi connectivity index (χ1) is 14.2. The third kappa shape index (κ3) is 5.26. The molecule has 1 N–H and O–H groups in total. The summed E-state index contributed by atoms with van der Waals surface area (Å²) in [6.45, 7) is 1.35. The SMILES string of the molecule is Cc1ccc(NC(=O)CN(c2cc(Cl)cc(Cl)c2)S(=O)(=O)c2ccccc2)cc1Cl. The van der Waals surface area contributed by atoms with E-state index in [4.69, 9.17) is 34.8 Å². The van der Waals surface area contributed by atoms with Crippen molar-refractivity contribution in [3.8, 4) is 0 Å². The Balaban J connectivity index is 1.97. The van der Waals surface area contributed by atoms with Crippen molar-refractivity contribution in [2.24, 2.45) is 0 Å². The van der Waals surface area contributed by atoms with Crippen molar-refractivity contribution in [1.29, 1.82) is 0 Å². The fourth-order valence-electron chi connectivity index (χ4n) is 2.72. The summed E-state index contributed by atoms with van der Waals surface area (Å²) in [5.74, 6) is -0.550. The van der Waals surface area contributed by atoms with Crippen LogP contribution in [0.5, 0.6) is 0 Å². The average Bonchev–Trinajstić information content (AvgIpc) is 2.69. The summed E-state index contributed by atoms with van der Waals surface area (Å²) in [5, 5.41) is 3.65. The van der Waals surface area contributed by atoms with Gasteiger partial charge in [0.2, 0.25) is 5.91 Å². The van der Waals surface area contributed by atoms with Crippen molar-refractivity contribution in [3.05, 3.63) is 87.4 Å². The van der Waals surface area contributed by atoms with Gasteiger partial charge in [0.05, 0.1) is 10.6 Å². The van der Waals surface area contributed by atoms with Gasteiger partial charge in [0, 0.05) is 20.8 Å². The summed E-state index contributed by atoms with van der Waals surface area (Å²) in [6, 6.07) is 17.2. The Morgan fingerprint density at radius 2 is 1.57 bits per heavy atom. The number of carbonyl (C=O) groups is 1. The summed E-state index contributed by atoms with van der Waals surface area (Å²) in [5.41, 5.74) is 1.49. The van der Waals surface area contributed by atoms with Crippen molar-refractivity contribution in [2.75, 3.05) is 16.2 Å². The standard InChI is InChI=1S/C21H17Cl3N2O3S/c1-14-7-8-17(12-20(14)24)25-21(27)13-26(18-10-15(22)9-16(23)11-18)30(28,29)19-5-3-2-4-6-19/h2-12H,13H2,1H3,(H,25,27). The van der Waals surface area contributed by atoms with E-state index in [0.29, 0.717) is 10.7 Å². The minimum Gasteiger partial charge on any atom is -0.324 e. The van der Waals surface area contributed by atoms with Crippen LogP contribution in [0.25, 0.3) is 0 Å². The molecule has 0 spiro atoms. The molecule has 1 amide bonds. The maximum Gasteiger partial charge on any atom is 0.264 e. The van der Waals surface area contributed by atoms with Gasteiger partial charge in [0.25, 0.3) is 10.0 Å². The minimum absolute atomic E-state index is 0.0345. The molecule has 0 aliphatic rings. The van der Waals surface area contributed by atoms with Crippen LogP contribution in [0.2, 0.25) is 15.1 Å². The van der Waals surface area contributed by atoms with Crippen molar-refractivity contribution < 1.29 is 13.2 Å². The zero-order valence-corrected chi connectivity index (χ0v) is 18.9. The summed E-state index contributed by atoms with van der Waals surface area (Å²) >= 11 is 18.2. The normalized spacial score (nSPS) is 11.2. The third-order valence-electron chi connectivity index (χ3n) is 4.21. The highest BCUT2D eigenvalue weighted by atomic mass is 35.5. The van der Waals surface area contributed by atoms with Crippen LogP contribution in [-0.2, 0) is 14.8 Å². The number of carbonyl (C=O) groups excluding carboxylic acids is 1. The van der Waals surface area contributed by atoms with Gasteiger partial charge in [-0.25, -0.2) is 8.42 Å². The second kappa shape index (κ2) is 9.27. The Kier molecular flexibility index (Phi) is 6.93. The second-order valence-corrected chi connectivity index (χ2v) is 9.61. The number of benzene rings is 3. The molecule has 3 aromatic carbocycles. The number of nitrogens with one attached hydrogen (secondary N) is 1. The molecule has 0 fully saturated rings. The van der Waals surface area contributed by atoms with E-state index >= 15 is 0 Å². The van der Waals surface area contributed by atoms with Crippen LogP contribution in [0.3, 0.4) is 0 Å². The van der Waals surface area contributed by atoms with Crippen molar-refractivity contribution in [1.82, 2.24) is 0 Å². The zero-order chi connectivity index (χ0) is 21.9. The molecule has 0 unspecified atom stereocenters. The van der Waals surface area contributed by atoms with Crippen LogP contribution >= 0.6 is 34.8 Å². The predicted molar refractivity (Wildman–Crippen MR) is 122 cm³/mol. The monoisotopic (exact) mass is 482 g/mol. The first-order valence-electron chi connectivity index (χ1n) is 8.77. The Morgan fingerprint density at radius 1 is 0.933 bits per heavy atom. The molecule has 0 aliphatic carbocycles. The lowest BCUT2D eigenvalue weighted by atomic mass is 10.2. The topological polar surface area (TPSA) is 66.5 Å². The molecular formula is C21H17Cl3N2O3S. The third-order valence-corrected chi connectivity index (χ3v) is 6.84. The number of halogens is 3. The number of sulfonamides is 1. The Bertz CT molecular complexity index is 1170. The van der Waals surface area contributed by atoms with E-state index < -0.39 is 22.5 Å². The highest BCUT2D eigenvalue weighted by Crippen LogP contribution is 2.30. The van der Waals surface area contributed by atoms with Crippen LogP contribution in [0.1, 0.15) is 5.56 Å². The summed E-state index contributed by atoms with van der Waals surface area (Å²) in [6.07, 6.45) is 0. The van der Waals surface area contributed by atoms with Crippen LogP contribution in [-0.4, -0.2) is 20.9 Å². The molecular weight excluding hydrogens is 467 g/mol. The number of amides is 1. The molecule has 3 aromatic rings. The molecule has 156 valence electrons. The Hall–Kier alpha value is -2.25. The fourth-order valence-corrected chi connectivity index (χ4v) is 4.84. The fraction of sp³-hybridized carbons (Fsp3) is 0.0952. The van der Waals surface area contributed by atoms with Gasteiger partial charge < -0.3 is 5.32 Å². The summed E-state index contributed by atoms with van der Waals surface area (Å²) in [4.78, 5) is 12.7. The van der Waals surface area contributed by atoms with E-state index in [1.165, 1.54) is 30.3 Å². The lowest BCUT2D eigenvalue weighted by Gasteiger charge is -2.24. The minimum atomic E-state index is -4.06. The van der Waals surface area contributed by atoms with Gasteiger partial charge in [0.1, 0.15) is 6.54 Å². The van der Waals surface area contributed by atoms with Crippen LogP contribution in [0.4, 0.5) is 11.4 Å². The van der Waals surface area contributed by atoms with Crippen molar-refractivity contribution in [2.45, 2.75) is 11.8 Å². The predicted octanol–water partition coefficient (Wildman–Crippen LogP) is 5.79. The molecule has 3 rings (SSSR count). The van der Waals surface area contributed by atoms with Crippen LogP contribution in [0, 0.1) is 6.92 Å².